The number of fused-ring (bicyclic) bond motifs is 4. The largest absolute Gasteiger partial charge is 0.284 e. The fourth-order valence-corrected chi connectivity index (χ4v) is 3.56. The number of carbonyl (C=O) groups excluding carboxylic acids is 1. The third-order valence-corrected chi connectivity index (χ3v) is 4.69. The van der Waals surface area contributed by atoms with E-state index in [9.17, 15) is 4.79 Å². The zero-order valence-corrected chi connectivity index (χ0v) is 11.3. The molecule has 5 heteroatoms. The Labute approximate surface area is 117 Å². The molecule has 1 saturated carbocycles. The number of benzene rings is 1. The highest BCUT2D eigenvalue weighted by Crippen LogP contribution is 2.33. The molecule has 0 spiro atoms. The molecule has 3 heterocycles. The summed E-state index contributed by atoms with van der Waals surface area (Å²) in [5, 5.41) is 9.95. The maximum atomic E-state index is 12.5. The highest BCUT2D eigenvalue weighted by molar-refractivity contribution is 6.05. The first-order valence-corrected chi connectivity index (χ1v) is 7.31. The zero-order chi connectivity index (χ0) is 13.5. The summed E-state index contributed by atoms with van der Waals surface area (Å²) in [5.41, 5.74) is 4.69. The number of piperidine rings is 2. The Bertz CT molecular complexity index is 642. The number of hydrogen-bond acceptors (Lipinski definition) is 3. The van der Waals surface area contributed by atoms with Crippen molar-refractivity contribution in [2.45, 2.75) is 31.7 Å². The Hall–Kier alpha value is -1.88. The van der Waals surface area contributed by atoms with Crippen LogP contribution in [0, 0.1) is 5.92 Å². The van der Waals surface area contributed by atoms with Gasteiger partial charge in [0.25, 0.3) is 5.91 Å². The number of carbonyl (C=O) groups is 1. The Morgan fingerprint density at radius 2 is 2.15 bits per heavy atom. The average Bonchev–Trinajstić information content (AvgIpc) is 2.96. The van der Waals surface area contributed by atoms with Crippen LogP contribution < -0.4 is 5.43 Å². The van der Waals surface area contributed by atoms with Gasteiger partial charge in [-0.25, -0.2) is 5.01 Å². The summed E-state index contributed by atoms with van der Waals surface area (Å²) in [6, 6.07) is 6.20. The Morgan fingerprint density at radius 1 is 1.30 bits per heavy atom. The molecular weight excluding hydrogens is 252 g/mol. The van der Waals surface area contributed by atoms with Gasteiger partial charge in [0, 0.05) is 18.0 Å². The van der Waals surface area contributed by atoms with Gasteiger partial charge in [0.2, 0.25) is 0 Å². The SMILES string of the molecule is O=C(NN1CC2CCC1CC2)c1cccc2[nH]ncc12. The molecule has 0 radical (unpaired) electrons. The van der Waals surface area contributed by atoms with E-state index >= 15 is 0 Å². The second-order valence-corrected chi connectivity index (χ2v) is 5.90. The van der Waals surface area contributed by atoms with Crippen LogP contribution in [0.2, 0.25) is 0 Å². The summed E-state index contributed by atoms with van der Waals surface area (Å²) >= 11 is 0. The molecule has 3 aliphatic rings. The molecule has 1 aromatic carbocycles. The smallest absolute Gasteiger partial charge is 0.266 e. The number of nitrogens with one attached hydrogen (secondary N) is 2. The van der Waals surface area contributed by atoms with E-state index in [0.29, 0.717) is 11.6 Å². The van der Waals surface area contributed by atoms with Crippen molar-refractivity contribution in [1.29, 1.82) is 0 Å². The van der Waals surface area contributed by atoms with Gasteiger partial charge >= 0.3 is 0 Å². The number of nitrogens with zero attached hydrogens (tertiary/aromatic N) is 2. The van der Waals surface area contributed by atoms with Crippen LogP contribution in [0.4, 0.5) is 0 Å². The minimum atomic E-state index is -0.0236. The zero-order valence-electron chi connectivity index (χ0n) is 11.3. The summed E-state index contributed by atoms with van der Waals surface area (Å²) in [7, 11) is 0. The monoisotopic (exact) mass is 270 g/mol. The standard InChI is InChI=1S/C15H18N4O/c20-15(12-2-1-3-14-13(12)8-16-17-14)18-19-9-10-4-6-11(19)7-5-10/h1-3,8,10-11H,4-7,9H2,(H,16,17)(H,18,20). The number of amides is 1. The quantitative estimate of drug-likeness (QED) is 0.878. The molecule has 3 fully saturated rings. The Kier molecular flexibility index (Phi) is 2.73. The Morgan fingerprint density at radius 3 is 2.90 bits per heavy atom. The van der Waals surface area contributed by atoms with Crippen molar-refractivity contribution in [2.24, 2.45) is 5.92 Å². The molecule has 2 bridgehead atoms. The lowest BCUT2D eigenvalue weighted by atomic mass is 9.81. The number of hydrogen-bond donors (Lipinski definition) is 2. The number of aromatic amines is 1. The molecule has 0 atom stereocenters. The van der Waals surface area contributed by atoms with Crippen molar-refractivity contribution in [1.82, 2.24) is 20.6 Å². The third kappa shape index (κ3) is 1.89. The number of rotatable bonds is 2. The van der Waals surface area contributed by atoms with Crippen LogP contribution in [0.5, 0.6) is 0 Å². The molecule has 2 aliphatic heterocycles. The molecule has 1 aromatic heterocycles. The van der Waals surface area contributed by atoms with E-state index in [1.165, 1.54) is 25.7 Å². The molecular formula is C15H18N4O. The van der Waals surface area contributed by atoms with Gasteiger partial charge in [-0.3, -0.25) is 15.3 Å². The van der Waals surface area contributed by atoms with E-state index in [-0.39, 0.29) is 5.91 Å². The molecule has 1 amide bonds. The topological polar surface area (TPSA) is 61.0 Å². The minimum Gasteiger partial charge on any atom is -0.284 e. The number of hydrazine groups is 1. The molecule has 1 aliphatic carbocycles. The summed E-state index contributed by atoms with van der Waals surface area (Å²) in [4.78, 5) is 12.5. The maximum absolute atomic E-state index is 12.5. The number of aromatic nitrogens is 2. The lowest BCUT2D eigenvalue weighted by Gasteiger charge is -2.44. The van der Waals surface area contributed by atoms with Gasteiger partial charge in [-0.1, -0.05) is 6.07 Å². The first-order chi connectivity index (χ1) is 9.81. The van der Waals surface area contributed by atoms with Gasteiger partial charge in [0.1, 0.15) is 0 Å². The molecule has 20 heavy (non-hydrogen) atoms. The van der Waals surface area contributed by atoms with Crippen molar-refractivity contribution in [3.8, 4) is 0 Å². The van der Waals surface area contributed by atoms with Crippen LogP contribution in [0.1, 0.15) is 36.0 Å². The molecule has 0 unspecified atom stereocenters. The number of H-pyrrole nitrogens is 1. The summed E-state index contributed by atoms with van der Waals surface area (Å²) in [6.45, 7) is 0.998. The van der Waals surface area contributed by atoms with Crippen LogP contribution in [0.15, 0.2) is 24.4 Å². The van der Waals surface area contributed by atoms with Crippen LogP contribution in [-0.2, 0) is 0 Å². The minimum absolute atomic E-state index is 0.0236. The van der Waals surface area contributed by atoms with Gasteiger partial charge in [-0.05, 0) is 43.7 Å². The van der Waals surface area contributed by atoms with Gasteiger partial charge in [-0.2, -0.15) is 5.10 Å². The molecule has 2 aromatic rings. The first-order valence-electron chi connectivity index (χ1n) is 7.31. The fourth-order valence-electron chi connectivity index (χ4n) is 3.56. The fraction of sp³-hybridized carbons (Fsp3) is 0.467. The van der Waals surface area contributed by atoms with E-state index in [2.05, 4.69) is 20.6 Å². The van der Waals surface area contributed by atoms with Crippen molar-refractivity contribution in [3.05, 3.63) is 30.0 Å². The normalized spacial score (nSPS) is 26.0. The van der Waals surface area contributed by atoms with E-state index in [1.807, 2.05) is 18.2 Å². The van der Waals surface area contributed by atoms with Crippen molar-refractivity contribution in [3.63, 3.8) is 0 Å². The van der Waals surface area contributed by atoms with Crippen molar-refractivity contribution < 1.29 is 4.79 Å². The van der Waals surface area contributed by atoms with Crippen LogP contribution in [-0.4, -0.2) is 33.7 Å². The van der Waals surface area contributed by atoms with Gasteiger partial charge in [0.05, 0.1) is 17.3 Å². The van der Waals surface area contributed by atoms with Crippen molar-refractivity contribution >= 4 is 16.8 Å². The average molecular weight is 270 g/mol. The summed E-state index contributed by atoms with van der Waals surface area (Å²) < 4.78 is 0. The van der Waals surface area contributed by atoms with Crippen LogP contribution in [0.25, 0.3) is 10.9 Å². The second kappa shape index (κ2) is 4.59. The van der Waals surface area contributed by atoms with E-state index in [0.717, 1.165) is 23.4 Å². The summed E-state index contributed by atoms with van der Waals surface area (Å²) in [5.74, 6) is 0.731. The predicted molar refractivity (Wildman–Crippen MR) is 76.0 cm³/mol. The Balaban J connectivity index is 1.57. The second-order valence-electron chi connectivity index (χ2n) is 5.90. The van der Waals surface area contributed by atoms with E-state index in [4.69, 9.17) is 0 Å². The van der Waals surface area contributed by atoms with Crippen molar-refractivity contribution in [2.75, 3.05) is 6.54 Å². The lowest BCUT2D eigenvalue weighted by molar-refractivity contribution is 0.00805. The molecule has 2 N–H and O–H groups in total. The van der Waals surface area contributed by atoms with E-state index in [1.54, 1.807) is 6.20 Å². The predicted octanol–water partition coefficient (Wildman–Crippen LogP) is 2.08. The van der Waals surface area contributed by atoms with E-state index < -0.39 is 0 Å². The summed E-state index contributed by atoms with van der Waals surface area (Å²) in [6.07, 6.45) is 6.76. The maximum Gasteiger partial charge on any atom is 0.266 e. The molecule has 5 nitrogen and oxygen atoms in total. The lowest BCUT2D eigenvalue weighted by Crippen LogP contribution is -2.56. The molecule has 2 saturated heterocycles. The highest BCUT2D eigenvalue weighted by Gasteiger charge is 2.34. The first kappa shape index (κ1) is 11.9. The van der Waals surface area contributed by atoms with Gasteiger partial charge < -0.3 is 0 Å². The van der Waals surface area contributed by atoms with Gasteiger partial charge in [-0.15, -0.1) is 0 Å². The van der Waals surface area contributed by atoms with Crippen LogP contribution >= 0.6 is 0 Å². The van der Waals surface area contributed by atoms with Gasteiger partial charge in [0.15, 0.2) is 0 Å². The highest BCUT2D eigenvalue weighted by atomic mass is 16.2. The molecule has 104 valence electrons. The van der Waals surface area contributed by atoms with Crippen LogP contribution in [0.3, 0.4) is 0 Å². The third-order valence-electron chi connectivity index (χ3n) is 4.69. The molecule has 5 rings (SSSR count).